The highest BCUT2D eigenvalue weighted by molar-refractivity contribution is 6.30. The van der Waals surface area contributed by atoms with Crippen LogP contribution in [-0.4, -0.2) is 90.3 Å². The Hall–Kier alpha value is -4.61. The molecule has 3 aromatic carbocycles. The third-order valence-electron chi connectivity index (χ3n) is 8.01. The van der Waals surface area contributed by atoms with Crippen molar-refractivity contribution in [3.05, 3.63) is 99.0 Å². The highest BCUT2D eigenvalue weighted by Crippen LogP contribution is 2.32. The van der Waals surface area contributed by atoms with E-state index in [9.17, 15) is 20.3 Å². The molecule has 0 aliphatic carbocycles. The molecule has 244 valence electrons. The van der Waals surface area contributed by atoms with Crippen LogP contribution in [-0.2, 0) is 11.2 Å². The molecular formula is C35H37Cl2N7O3. The van der Waals surface area contributed by atoms with Crippen LogP contribution in [0.1, 0.15) is 41.6 Å². The third kappa shape index (κ3) is 9.24. The second-order valence-corrected chi connectivity index (χ2v) is 12.0. The fraction of sp³-hybridized carbons (Fsp3) is 0.343. The average Bonchev–Trinajstić information content (AvgIpc) is 3.08. The molecular weight excluding hydrogens is 637 g/mol. The minimum absolute atomic E-state index is 0.0754. The monoisotopic (exact) mass is 673 g/mol. The maximum absolute atomic E-state index is 14.6. The Morgan fingerprint density at radius 3 is 2.21 bits per heavy atom. The number of ether oxygens (including phenoxy) is 1. The summed E-state index contributed by atoms with van der Waals surface area (Å²) in [4.78, 5) is 34.0. The van der Waals surface area contributed by atoms with Crippen molar-refractivity contribution in [1.82, 2.24) is 19.6 Å². The Kier molecular flexibility index (Phi) is 12.6. The number of amidine groups is 1. The lowest BCUT2D eigenvalue weighted by molar-refractivity contribution is -0.131. The van der Waals surface area contributed by atoms with Gasteiger partial charge in [-0.15, -0.1) is 0 Å². The van der Waals surface area contributed by atoms with Crippen LogP contribution in [0, 0.1) is 28.1 Å². The lowest BCUT2D eigenvalue weighted by atomic mass is 9.96. The first kappa shape index (κ1) is 35.2. The van der Waals surface area contributed by atoms with Gasteiger partial charge in [-0.2, -0.15) is 10.5 Å². The Morgan fingerprint density at radius 1 is 0.979 bits per heavy atom. The molecule has 1 heterocycles. The quantitative estimate of drug-likeness (QED) is 0.197. The molecule has 12 heteroatoms. The largest absolute Gasteiger partial charge is 0.493 e. The van der Waals surface area contributed by atoms with Gasteiger partial charge in [0, 0.05) is 49.8 Å². The number of hydrogen-bond acceptors (Lipinski definition) is 7. The lowest BCUT2D eigenvalue weighted by Gasteiger charge is -2.40. The Balaban J connectivity index is 1.70. The molecule has 0 aromatic heterocycles. The van der Waals surface area contributed by atoms with Crippen LogP contribution in [0.4, 0.5) is 4.79 Å². The molecule has 47 heavy (non-hydrogen) atoms. The number of amides is 3. The molecule has 1 aliphatic heterocycles. The lowest BCUT2D eigenvalue weighted by Crippen LogP contribution is -2.56. The predicted molar refractivity (Wildman–Crippen MR) is 182 cm³/mol. The van der Waals surface area contributed by atoms with Crippen molar-refractivity contribution in [2.75, 3.05) is 52.9 Å². The smallest absolute Gasteiger partial charge is 0.326 e. The summed E-state index contributed by atoms with van der Waals surface area (Å²) < 4.78 is 5.87. The number of halogens is 2. The Morgan fingerprint density at radius 2 is 1.62 bits per heavy atom. The number of urea groups is 1. The SMILES string of the molecule is CCOc1cc(C#N)ccc1C(=N)N(C(=O)N1CCN(CC(=O)N(C)CCC#N)CC1)C(Cc1ccc(Cl)cc1)c1ccc(Cl)cc1. The molecule has 0 radical (unpaired) electrons. The van der Waals surface area contributed by atoms with Crippen molar-refractivity contribution in [1.29, 1.82) is 15.9 Å². The van der Waals surface area contributed by atoms with Crippen molar-refractivity contribution in [3.63, 3.8) is 0 Å². The molecule has 1 fully saturated rings. The van der Waals surface area contributed by atoms with E-state index >= 15 is 0 Å². The van der Waals surface area contributed by atoms with E-state index in [0.717, 1.165) is 11.1 Å². The first-order chi connectivity index (χ1) is 22.6. The van der Waals surface area contributed by atoms with Gasteiger partial charge >= 0.3 is 6.03 Å². The zero-order valence-corrected chi connectivity index (χ0v) is 28.0. The summed E-state index contributed by atoms with van der Waals surface area (Å²) in [6.45, 7) is 4.30. The van der Waals surface area contributed by atoms with Crippen molar-refractivity contribution in [3.8, 4) is 17.9 Å². The maximum atomic E-state index is 14.6. The average molecular weight is 675 g/mol. The Labute approximate surface area is 285 Å². The van der Waals surface area contributed by atoms with Gasteiger partial charge in [0.05, 0.1) is 48.9 Å². The molecule has 1 saturated heterocycles. The summed E-state index contributed by atoms with van der Waals surface area (Å²) in [5.74, 6) is 0.173. The summed E-state index contributed by atoms with van der Waals surface area (Å²) in [5, 5.41) is 29.0. The van der Waals surface area contributed by atoms with Crippen molar-refractivity contribution in [2.24, 2.45) is 0 Å². The van der Waals surface area contributed by atoms with Gasteiger partial charge < -0.3 is 14.5 Å². The molecule has 0 saturated carbocycles. The van der Waals surface area contributed by atoms with Crippen LogP contribution in [0.25, 0.3) is 0 Å². The van der Waals surface area contributed by atoms with Gasteiger partial charge in [0.15, 0.2) is 0 Å². The van der Waals surface area contributed by atoms with Gasteiger partial charge in [-0.1, -0.05) is 47.5 Å². The molecule has 3 amide bonds. The number of benzene rings is 3. The number of rotatable bonds is 11. The number of nitrogens with one attached hydrogen (secondary N) is 1. The third-order valence-corrected chi connectivity index (χ3v) is 8.51. The molecule has 1 aliphatic rings. The fourth-order valence-corrected chi connectivity index (χ4v) is 5.62. The van der Waals surface area contributed by atoms with Gasteiger partial charge in [0.1, 0.15) is 11.6 Å². The van der Waals surface area contributed by atoms with E-state index in [2.05, 4.69) is 12.1 Å². The van der Waals surface area contributed by atoms with Crippen LogP contribution >= 0.6 is 23.2 Å². The molecule has 1 atom stereocenters. The number of nitriles is 2. The topological polar surface area (TPSA) is 128 Å². The van der Waals surface area contributed by atoms with E-state index in [1.807, 2.05) is 36.1 Å². The molecule has 0 spiro atoms. The molecule has 4 rings (SSSR count). The highest BCUT2D eigenvalue weighted by atomic mass is 35.5. The molecule has 0 bridgehead atoms. The van der Waals surface area contributed by atoms with E-state index < -0.39 is 6.04 Å². The Bertz CT molecular complexity index is 1640. The second-order valence-electron chi connectivity index (χ2n) is 11.1. The summed E-state index contributed by atoms with van der Waals surface area (Å²) in [6.07, 6.45) is 0.637. The van der Waals surface area contributed by atoms with Gasteiger partial charge in [-0.05, 0) is 66.9 Å². The summed E-state index contributed by atoms with van der Waals surface area (Å²) in [5.41, 5.74) is 2.44. The van der Waals surface area contributed by atoms with E-state index in [0.29, 0.717) is 72.7 Å². The number of piperazine rings is 1. The second kappa shape index (κ2) is 16.8. The predicted octanol–water partition coefficient (Wildman–Crippen LogP) is 5.98. The minimum Gasteiger partial charge on any atom is -0.493 e. The number of likely N-dealkylation sites (N-methyl/N-ethyl adjacent to an activating group) is 1. The van der Waals surface area contributed by atoms with Crippen molar-refractivity contribution in [2.45, 2.75) is 25.8 Å². The molecule has 10 nitrogen and oxygen atoms in total. The summed E-state index contributed by atoms with van der Waals surface area (Å²) >= 11 is 12.4. The minimum atomic E-state index is -0.619. The van der Waals surface area contributed by atoms with Crippen molar-refractivity contribution >= 4 is 41.0 Å². The van der Waals surface area contributed by atoms with Crippen LogP contribution in [0.15, 0.2) is 66.7 Å². The molecule has 1 unspecified atom stereocenters. The van der Waals surface area contributed by atoms with Crippen LogP contribution in [0.2, 0.25) is 10.0 Å². The van der Waals surface area contributed by atoms with Crippen molar-refractivity contribution < 1.29 is 14.3 Å². The van der Waals surface area contributed by atoms with E-state index in [-0.39, 0.29) is 30.7 Å². The first-order valence-corrected chi connectivity index (χ1v) is 16.1. The van der Waals surface area contributed by atoms with E-state index in [1.165, 1.54) is 4.90 Å². The van der Waals surface area contributed by atoms with Gasteiger partial charge in [0.25, 0.3) is 0 Å². The summed E-state index contributed by atoms with van der Waals surface area (Å²) in [6, 6.07) is 22.6. The van der Waals surface area contributed by atoms with Gasteiger partial charge in [0.2, 0.25) is 5.91 Å². The van der Waals surface area contributed by atoms with Crippen LogP contribution < -0.4 is 4.74 Å². The van der Waals surface area contributed by atoms with Gasteiger partial charge in [-0.25, -0.2) is 4.79 Å². The van der Waals surface area contributed by atoms with E-state index in [1.54, 1.807) is 59.3 Å². The molecule has 3 aromatic rings. The van der Waals surface area contributed by atoms with Crippen LogP contribution in [0.3, 0.4) is 0 Å². The number of carbonyl (C=O) groups excluding carboxylic acids is 2. The van der Waals surface area contributed by atoms with Crippen LogP contribution in [0.5, 0.6) is 5.75 Å². The van der Waals surface area contributed by atoms with E-state index in [4.69, 9.17) is 33.2 Å². The normalized spacial score (nSPS) is 13.6. The number of carbonyl (C=O) groups is 2. The number of nitrogens with zero attached hydrogens (tertiary/aromatic N) is 6. The fourth-order valence-electron chi connectivity index (χ4n) is 5.37. The molecule has 1 N–H and O–H groups in total. The zero-order chi connectivity index (χ0) is 33.9. The maximum Gasteiger partial charge on any atom is 0.326 e. The zero-order valence-electron chi connectivity index (χ0n) is 26.5. The van der Waals surface area contributed by atoms with Gasteiger partial charge in [-0.3, -0.25) is 20.0 Å². The highest BCUT2D eigenvalue weighted by Gasteiger charge is 2.35. The number of hydrogen-bond donors (Lipinski definition) is 1. The standard InChI is InChI=1S/C35H37Cl2N7O3/c1-3-47-32-22-26(23-39)7-14-30(32)34(40)44(31(27-8-12-29(37)13-9-27)21-25-5-10-28(36)11-6-25)35(46)43-19-17-42(18-20-43)24-33(45)41(2)16-4-15-38/h5-14,22,31,40H,3-4,16-21,24H2,1-2H3. The first-order valence-electron chi connectivity index (χ1n) is 15.3. The summed E-state index contributed by atoms with van der Waals surface area (Å²) in [7, 11) is 1.68.